The van der Waals surface area contributed by atoms with Gasteiger partial charge in [-0.2, -0.15) is 0 Å². The van der Waals surface area contributed by atoms with Gasteiger partial charge in [0.05, 0.1) is 0 Å². The number of thiocarbonyl (C=S) groups is 1. The van der Waals surface area contributed by atoms with Crippen molar-refractivity contribution in [3.8, 4) is 0 Å². The van der Waals surface area contributed by atoms with Crippen molar-refractivity contribution in [2.45, 2.75) is 0 Å². The molecule has 3 nitrogen and oxygen atoms in total. The van der Waals surface area contributed by atoms with E-state index in [1.54, 1.807) is 0 Å². The molecule has 0 saturated carbocycles. The Bertz CT molecular complexity index is 69.2. The summed E-state index contributed by atoms with van der Waals surface area (Å²) in [5.74, 6) is 4.76. The molecule has 0 aromatic carbocycles. The minimum absolute atomic E-state index is 0.218. The van der Waals surface area contributed by atoms with Crippen molar-refractivity contribution in [2.24, 2.45) is 10.8 Å². The Labute approximate surface area is 41.2 Å². The van der Waals surface area contributed by atoms with E-state index in [2.05, 4.69) is 29.4 Å². The third kappa shape index (κ3) is 1.80. The Morgan fingerprint density at radius 3 is 2.50 bits per heavy atom. The third-order valence-corrected chi connectivity index (χ3v) is 0.514. The average molecular weight is 103 g/mol. The number of hydrazine groups is 1. The number of hydrogen-bond acceptors (Lipinski definition) is 2. The molecule has 0 unspecified atom stereocenters. The summed E-state index contributed by atoms with van der Waals surface area (Å²) in [5, 5.41) is 0.218. The lowest BCUT2D eigenvalue weighted by Gasteiger charge is -1.86. The lowest BCUT2D eigenvalue weighted by atomic mass is 11.1. The molecule has 0 aliphatic carbocycles. The third-order valence-electron chi connectivity index (χ3n) is 0.267. The second-order valence-corrected chi connectivity index (χ2v) is 0.994. The van der Waals surface area contributed by atoms with Gasteiger partial charge < -0.3 is 0 Å². The Kier molecular flexibility index (Phi) is 2.52. The molecule has 0 bridgehead atoms. The molecule has 0 radical (unpaired) electrons. The van der Waals surface area contributed by atoms with Crippen LogP contribution >= 0.6 is 12.2 Å². The molecule has 0 saturated heterocycles. The van der Waals surface area contributed by atoms with Crippen molar-refractivity contribution in [3.63, 3.8) is 0 Å². The molecular weight excluding hydrogens is 98.1 g/mol. The minimum Gasteiger partial charge on any atom is -0.299 e. The fourth-order valence-corrected chi connectivity index (χ4v) is 0.0456. The topological polar surface area (TPSA) is 50.4 Å². The fourth-order valence-electron chi connectivity index (χ4n) is 0.0456. The predicted molar refractivity (Wildman–Crippen MR) is 29.5 cm³/mol. The summed E-state index contributed by atoms with van der Waals surface area (Å²) in [6, 6.07) is 0. The minimum atomic E-state index is 0.218. The first kappa shape index (κ1) is 5.52. The van der Waals surface area contributed by atoms with E-state index in [-0.39, 0.29) is 5.11 Å². The van der Waals surface area contributed by atoms with Crippen molar-refractivity contribution in [1.29, 1.82) is 0 Å². The van der Waals surface area contributed by atoms with Crippen molar-refractivity contribution in [3.05, 3.63) is 0 Å². The number of hydrogen-bond donors (Lipinski definition) is 2. The molecule has 0 spiro atoms. The summed E-state index contributed by atoms with van der Waals surface area (Å²) in [5.41, 5.74) is 2.12. The van der Waals surface area contributed by atoms with E-state index in [0.29, 0.717) is 0 Å². The van der Waals surface area contributed by atoms with Gasteiger partial charge in [0.1, 0.15) is 0 Å². The summed E-state index contributed by atoms with van der Waals surface area (Å²) in [4.78, 5) is 3.25. The van der Waals surface area contributed by atoms with Gasteiger partial charge in [-0.1, -0.05) is 0 Å². The molecule has 0 aromatic heterocycles. The van der Waals surface area contributed by atoms with Gasteiger partial charge in [-0.3, -0.25) is 5.43 Å². The Morgan fingerprint density at radius 1 is 2.00 bits per heavy atom. The van der Waals surface area contributed by atoms with E-state index < -0.39 is 0 Å². The molecule has 6 heavy (non-hydrogen) atoms. The SMILES string of the molecule is C=NC(=S)NN. The molecule has 0 aromatic rings. The van der Waals surface area contributed by atoms with E-state index in [9.17, 15) is 0 Å². The zero-order valence-electron chi connectivity index (χ0n) is 3.14. The number of nitrogens with one attached hydrogen (secondary N) is 1. The zero-order valence-corrected chi connectivity index (χ0v) is 3.96. The van der Waals surface area contributed by atoms with Gasteiger partial charge in [-0.25, -0.2) is 10.8 Å². The van der Waals surface area contributed by atoms with E-state index in [1.807, 2.05) is 0 Å². The molecule has 0 amide bonds. The molecule has 0 aliphatic heterocycles. The summed E-state index contributed by atoms with van der Waals surface area (Å²) >= 11 is 4.39. The van der Waals surface area contributed by atoms with Crippen molar-refractivity contribution < 1.29 is 0 Å². The number of rotatable bonds is 0. The second kappa shape index (κ2) is 2.74. The average Bonchev–Trinajstić information content (AvgIpc) is 1.65. The second-order valence-electron chi connectivity index (χ2n) is 0.608. The summed E-state index contributed by atoms with van der Waals surface area (Å²) in [6.45, 7) is 3.10. The van der Waals surface area contributed by atoms with Crippen LogP contribution in [0.5, 0.6) is 0 Å². The van der Waals surface area contributed by atoms with Crippen LogP contribution in [0.3, 0.4) is 0 Å². The summed E-state index contributed by atoms with van der Waals surface area (Å²) in [6.07, 6.45) is 0. The Balaban J connectivity index is 3.23. The quantitative estimate of drug-likeness (QED) is 0.187. The maximum atomic E-state index is 4.76. The van der Waals surface area contributed by atoms with Gasteiger partial charge in [0.15, 0.2) is 0 Å². The fraction of sp³-hybridized carbons (Fsp3) is 0. The molecule has 34 valence electrons. The molecule has 3 N–H and O–H groups in total. The van der Waals surface area contributed by atoms with Crippen LogP contribution in [0.25, 0.3) is 0 Å². The van der Waals surface area contributed by atoms with Gasteiger partial charge >= 0.3 is 0 Å². The van der Waals surface area contributed by atoms with Gasteiger partial charge in [-0.15, -0.1) is 0 Å². The van der Waals surface area contributed by atoms with Crippen LogP contribution in [-0.4, -0.2) is 11.8 Å². The zero-order chi connectivity index (χ0) is 4.99. The highest BCUT2D eigenvalue weighted by Crippen LogP contribution is 1.62. The van der Waals surface area contributed by atoms with E-state index in [0.717, 1.165) is 0 Å². The monoisotopic (exact) mass is 103 g/mol. The Morgan fingerprint density at radius 2 is 2.50 bits per heavy atom. The van der Waals surface area contributed by atoms with Crippen LogP contribution in [0.4, 0.5) is 0 Å². The van der Waals surface area contributed by atoms with E-state index in [4.69, 9.17) is 5.84 Å². The van der Waals surface area contributed by atoms with Crippen molar-refractivity contribution in [2.75, 3.05) is 0 Å². The lowest BCUT2D eigenvalue weighted by Crippen LogP contribution is -2.26. The van der Waals surface area contributed by atoms with Crippen molar-refractivity contribution in [1.82, 2.24) is 5.43 Å². The van der Waals surface area contributed by atoms with Crippen LogP contribution < -0.4 is 11.3 Å². The van der Waals surface area contributed by atoms with Gasteiger partial charge in [0.2, 0.25) is 5.11 Å². The smallest absolute Gasteiger partial charge is 0.206 e. The largest absolute Gasteiger partial charge is 0.299 e. The molecule has 0 fully saturated rings. The molecule has 4 heteroatoms. The predicted octanol–water partition coefficient (Wildman–Crippen LogP) is -0.565. The highest BCUT2D eigenvalue weighted by Gasteiger charge is 1.74. The molecule has 0 aliphatic rings. The highest BCUT2D eigenvalue weighted by atomic mass is 32.1. The first-order valence-corrected chi connectivity index (χ1v) is 1.69. The normalized spacial score (nSPS) is 6.83. The molecule has 0 rings (SSSR count). The highest BCUT2D eigenvalue weighted by molar-refractivity contribution is 7.80. The summed E-state index contributed by atoms with van der Waals surface area (Å²) < 4.78 is 0. The molecule has 0 atom stereocenters. The lowest BCUT2D eigenvalue weighted by molar-refractivity contribution is 1.04. The first-order valence-electron chi connectivity index (χ1n) is 1.28. The standard InChI is InChI=1S/C2H5N3S/c1-4-2(6)5-3/h1,3H2,(H,5,6). The van der Waals surface area contributed by atoms with Crippen molar-refractivity contribution >= 4 is 24.0 Å². The molecule has 0 heterocycles. The number of aliphatic imine (C=N–C) groups is 1. The van der Waals surface area contributed by atoms with Gasteiger partial charge in [-0.05, 0) is 18.9 Å². The van der Waals surface area contributed by atoms with E-state index >= 15 is 0 Å². The molecular formula is C2H5N3S. The maximum absolute atomic E-state index is 4.76. The van der Waals surface area contributed by atoms with Crippen LogP contribution in [-0.2, 0) is 0 Å². The summed E-state index contributed by atoms with van der Waals surface area (Å²) in [7, 11) is 0. The van der Waals surface area contributed by atoms with Crippen LogP contribution in [0.2, 0.25) is 0 Å². The first-order chi connectivity index (χ1) is 2.81. The Hall–Kier alpha value is -0.480. The number of nitrogens with two attached hydrogens (primary N) is 1. The van der Waals surface area contributed by atoms with Gasteiger partial charge in [0, 0.05) is 0 Å². The van der Waals surface area contributed by atoms with Crippen LogP contribution in [0, 0.1) is 0 Å². The van der Waals surface area contributed by atoms with Gasteiger partial charge in [0.25, 0.3) is 0 Å². The van der Waals surface area contributed by atoms with Crippen LogP contribution in [0.15, 0.2) is 4.99 Å². The van der Waals surface area contributed by atoms with Crippen LogP contribution in [0.1, 0.15) is 0 Å². The number of nitrogens with zero attached hydrogens (tertiary/aromatic N) is 1. The maximum Gasteiger partial charge on any atom is 0.206 e. The van der Waals surface area contributed by atoms with E-state index in [1.165, 1.54) is 0 Å².